The fourth-order valence-corrected chi connectivity index (χ4v) is 5.19. The molecule has 0 radical (unpaired) electrons. The zero-order valence-corrected chi connectivity index (χ0v) is 15.8. The molecule has 0 bridgehead atoms. The SMILES string of the molecule is CCCNC(=O)CSc1nc2sc3c(c2c(=O)n1CCC)CCC3. The lowest BCUT2D eigenvalue weighted by atomic mass is 10.2. The number of thiophene rings is 1. The lowest BCUT2D eigenvalue weighted by Crippen LogP contribution is -2.27. The van der Waals surface area contributed by atoms with Gasteiger partial charge in [0, 0.05) is 18.0 Å². The number of nitrogens with one attached hydrogen (secondary N) is 1. The van der Waals surface area contributed by atoms with E-state index < -0.39 is 0 Å². The molecule has 0 saturated heterocycles. The molecule has 1 amide bonds. The number of thioether (sulfide) groups is 1. The number of carbonyl (C=O) groups is 1. The van der Waals surface area contributed by atoms with Crippen molar-refractivity contribution in [2.24, 2.45) is 0 Å². The molecule has 0 unspecified atom stereocenters. The fraction of sp³-hybridized carbons (Fsp3) is 0.588. The van der Waals surface area contributed by atoms with E-state index in [0.717, 1.165) is 42.3 Å². The molecule has 1 N–H and O–H groups in total. The molecule has 5 nitrogen and oxygen atoms in total. The van der Waals surface area contributed by atoms with Crippen LogP contribution in [0.5, 0.6) is 0 Å². The summed E-state index contributed by atoms with van der Waals surface area (Å²) in [5, 5.41) is 4.35. The number of aromatic nitrogens is 2. The van der Waals surface area contributed by atoms with E-state index in [1.165, 1.54) is 22.2 Å². The Bertz CT molecular complexity index is 810. The van der Waals surface area contributed by atoms with Gasteiger partial charge < -0.3 is 5.32 Å². The number of hydrogen-bond acceptors (Lipinski definition) is 5. The Morgan fingerprint density at radius 3 is 2.92 bits per heavy atom. The minimum atomic E-state index is -0.00656. The molecule has 0 aliphatic heterocycles. The van der Waals surface area contributed by atoms with Gasteiger partial charge in [-0.1, -0.05) is 25.6 Å². The first kappa shape index (κ1) is 17.5. The molecule has 1 aliphatic carbocycles. The van der Waals surface area contributed by atoms with E-state index in [4.69, 9.17) is 4.98 Å². The molecule has 0 aromatic carbocycles. The van der Waals surface area contributed by atoms with Gasteiger partial charge in [0.25, 0.3) is 5.56 Å². The van der Waals surface area contributed by atoms with Crippen LogP contribution in [-0.4, -0.2) is 27.8 Å². The lowest BCUT2D eigenvalue weighted by molar-refractivity contribution is -0.118. The van der Waals surface area contributed by atoms with E-state index in [0.29, 0.717) is 24.0 Å². The van der Waals surface area contributed by atoms with Gasteiger partial charge in [-0.3, -0.25) is 14.2 Å². The number of nitrogens with zero attached hydrogens (tertiary/aromatic N) is 2. The number of carbonyl (C=O) groups excluding carboxylic acids is 1. The van der Waals surface area contributed by atoms with Crippen LogP contribution in [0.15, 0.2) is 9.95 Å². The predicted octanol–water partition coefficient (Wildman–Crippen LogP) is 2.98. The first-order valence-electron chi connectivity index (χ1n) is 8.60. The van der Waals surface area contributed by atoms with Crippen LogP contribution in [0, 0.1) is 0 Å². The smallest absolute Gasteiger partial charge is 0.263 e. The van der Waals surface area contributed by atoms with Crippen LogP contribution in [0.3, 0.4) is 0 Å². The van der Waals surface area contributed by atoms with Gasteiger partial charge in [-0.05, 0) is 37.7 Å². The predicted molar refractivity (Wildman–Crippen MR) is 100 cm³/mol. The molecular formula is C17H23N3O2S2. The van der Waals surface area contributed by atoms with Gasteiger partial charge in [0.2, 0.25) is 5.91 Å². The van der Waals surface area contributed by atoms with Crippen molar-refractivity contribution < 1.29 is 4.79 Å². The van der Waals surface area contributed by atoms with E-state index in [1.54, 1.807) is 15.9 Å². The molecule has 2 aromatic rings. The van der Waals surface area contributed by atoms with Gasteiger partial charge in [0.1, 0.15) is 4.83 Å². The summed E-state index contributed by atoms with van der Waals surface area (Å²) in [5.74, 6) is 0.292. The molecule has 2 heterocycles. The maximum Gasteiger partial charge on any atom is 0.263 e. The summed E-state index contributed by atoms with van der Waals surface area (Å²) < 4.78 is 1.76. The van der Waals surface area contributed by atoms with Gasteiger partial charge in [0.15, 0.2) is 5.16 Å². The van der Waals surface area contributed by atoms with Crippen LogP contribution in [-0.2, 0) is 24.2 Å². The maximum absolute atomic E-state index is 13.0. The number of hydrogen-bond donors (Lipinski definition) is 1. The molecule has 2 aromatic heterocycles. The third kappa shape index (κ3) is 3.37. The Kier molecular flexibility index (Phi) is 5.61. The molecule has 0 atom stereocenters. The van der Waals surface area contributed by atoms with E-state index in [9.17, 15) is 9.59 Å². The summed E-state index contributed by atoms with van der Waals surface area (Å²) in [7, 11) is 0. The summed E-state index contributed by atoms with van der Waals surface area (Å²) in [6.07, 6.45) is 4.98. The number of rotatable bonds is 7. The Hall–Kier alpha value is -1.34. The fourth-order valence-electron chi connectivity index (χ4n) is 3.03. The summed E-state index contributed by atoms with van der Waals surface area (Å²) >= 11 is 3.01. The second-order valence-corrected chi connectivity index (χ2v) is 8.05. The normalized spacial score (nSPS) is 13.4. The maximum atomic E-state index is 13.0. The standard InChI is InChI=1S/C17H23N3O2S2/c1-3-8-18-13(21)10-23-17-19-15-14(16(22)20(17)9-4-2)11-6-5-7-12(11)24-15/h3-10H2,1-2H3,(H,18,21). The first-order valence-corrected chi connectivity index (χ1v) is 10.4. The van der Waals surface area contributed by atoms with Crippen molar-refractivity contribution in [1.29, 1.82) is 0 Å². The summed E-state index contributed by atoms with van der Waals surface area (Å²) in [4.78, 5) is 31.8. The highest BCUT2D eigenvalue weighted by atomic mass is 32.2. The van der Waals surface area contributed by atoms with Gasteiger partial charge in [-0.2, -0.15) is 0 Å². The summed E-state index contributed by atoms with van der Waals surface area (Å²) in [5.41, 5.74) is 1.28. The average Bonchev–Trinajstić information content (AvgIpc) is 3.14. The Labute approximate surface area is 149 Å². The first-order chi connectivity index (χ1) is 11.7. The molecule has 0 fully saturated rings. The second kappa shape index (κ2) is 7.70. The van der Waals surface area contributed by atoms with Crippen LogP contribution in [0.25, 0.3) is 10.2 Å². The van der Waals surface area contributed by atoms with Crippen LogP contribution >= 0.6 is 23.1 Å². The van der Waals surface area contributed by atoms with E-state index in [1.807, 2.05) is 6.92 Å². The van der Waals surface area contributed by atoms with Crippen molar-refractivity contribution >= 4 is 39.2 Å². The van der Waals surface area contributed by atoms with Crippen LogP contribution in [0.4, 0.5) is 0 Å². The highest BCUT2D eigenvalue weighted by Crippen LogP contribution is 2.35. The average molecular weight is 366 g/mol. The zero-order valence-electron chi connectivity index (χ0n) is 14.2. The number of amides is 1. The van der Waals surface area contributed by atoms with Crippen molar-refractivity contribution in [2.45, 2.75) is 57.7 Å². The van der Waals surface area contributed by atoms with E-state index >= 15 is 0 Å². The number of aryl methyl sites for hydroxylation is 2. The Morgan fingerprint density at radius 2 is 2.17 bits per heavy atom. The second-order valence-electron chi connectivity index (χ2n) is 6.03. The monoisotopic (exact) mass is 365 g/mol. The van der Waals surface area contributed by atoms with Gasteiger partial charge in [0.05, 0.1) is 11.1 Å². The minimum Gasteiger partial charge on any atom is -0.355 e. The molecule has 3 rings (SSSR count). The van der Waals surface area contributed by atoms with Gasteiger partial charge >= 0.3 is 0 Å². The molecular weight excluding hydrogens is 342 g/mol. The minimum absolute atomic E-state index is 0.00656. The van der Waals surface area contributed by atoms with E-state index in [-0.39, 0.29) is 11.5 Å². The van der Waals surface area contributed by atoms with Crippen LogP contribution in [0.2, 0.25) is 0 Å². The van der Waals surface area contributed by atoms with Crippen molar-refractivity contribution in [3.05, 3.63) is 20.8 Å². The van der Waals surface area contributed by atoms with Crippen molar-refractivity contribution in [3.8, 4) is 0 Å². The Morgan fingerprint density at radius 1 is 1.33 bits per heavy atom. The molecule has 7 heteroatoms. The van der Waals surface area contributed by atoms with Crippen LogP contribution in [0.1, 0.15) is 43.6 Å². The largest absolute Gasteiger partial charge is 0.355 e. The number of fused-ring (bicyclic) bond motifs is 3. The van der Waals surface area contributed by atoms with Crippen molar-refractivity contribution in [1.82, 2.24) is 14.9 Å². The van der Waals surface area contributed by atoms with Crippen molar-refractivity contribution in [2.75, 3.05) is 12.3 Å². The summed E-state index contributed by atoms with van der Waals surface area (Å²) in [6, 6.07) is 0. The molecule has 130 valence electrons. The van der Waals surface area contributed by atoms with Crippen LogP contribution < -0.4 is 10.9 Å². The highest BCUT2D eigenvalue weighted by molar-refractivity contribution is 7.99. The van der Waals surface area contributed by atoms with Gasteiger partial charge in [-0.25, -0.2) is 4.98 Å². The third-order valence-electron chi connectivity index (χ3n) is 4.14. The summed E-state index contributed by atoms with van der Waals surface area (Å²) in [6.45, 7) is 5.41. The third-order valence-corrected chi connectivity index (χ3v) is 6.30. The molecule has 1 aliphatic rings. The topological polar surface area (TPSA) is 64.0 Å². The van der Waals surface area contributed by atoms with E-state index in [2.05, 4.69) is 12.2 Å². The van der Waals surface area contributed by atoms with Gasteiger partial charge in [-0.15, -0.1) is 11.3 Å². The highest BCUT2D eigenvalue weighted by Gasteiger charge is 2.23. The quantitative estimate of drug-likeness (QED) is 0.605. The molecule has 24 heavy (non-hydrogen) atoms. The van der Waals surface area contributed by atoms with Crippen molar-refractivity contribution in [3.63, 3.8) is 0 Å². The molecule has 0 spiro atoms. The Balaban J connectivity index is 1.93. The molecule has 0 saturated carbocycles. The lowest BCUT2D eigenvalue weighted by Gasteiger charge is -2.11. The zero-order chi connectivity index (χ0) is 17.1.